The van der Waals surface area contributed by atoms with Gasteiger partial charge in [-0.1, -0.05) is 55.2 Å². The van der Waals surface area contributed by atoms with Crippen molar-refractivity contribution in [3.8, 4) is 0 Å². The van der Waals surface area contributed by atoms with Crippen LogP contribution in [0.2, 0.25) is 0 Å². The van der Waals surface area contributed by atoms with Crippen molar-refractivity contribution in [1.29, 1.82) is 0 Å². The van der Waals surface area contributed by atoms with E-state index in [9.17, 15) is 0 Å². The lowest BCUT2D eigenvalue weighted by Crippen LogP contribution is -2.41. The van der Waals surface area contributed by atoms with Gasteiger partial charge in [-0.15, -0.1) is 0 Å². The van der Waals surface area contributed by atoms with E-state index < -0.39 is 155 Å². The van der Waals surface area contributed by atoms with Gasteiger partial charge in [-0.05, 0) is 559 Å². The van der Waals surface area contributed by atoms with Gasteiger partial charge < -0.3 is 0 Å². The SMILES string of the molecule is S=[S-](=S)S(=S)(=S)S(=S)(=S)S(=S)(=S)S(=S)(=S)S(=S)(=S)S(=S)(=S)S(=S)(=S)S(=S)(=S)S(=S)(=S)S(=S)(=S)S(=S)(=S)S(=S)(=S)S(=S)(=S)S(=S)(=S)S(=S)(=S)S(=S)(=S)S(=S)(=S)S(=S)(=S)S(=S)(=S)S(=S)(=S)S(=S)(=S)S(=S)(=S)S(=S)(=S)S(=S)(=S)S(=S)(=S)S(=S)(=S)S(=S)(=S)[S-](=S)=S. The average molecular weight is 2790 g/mol. The van der Waals surface area contributed by atoms with Crippen LogP contribution in [0.25, 0.3) is 0 Å². The van der Waals surface area contributed by atoms with Gasteiger partial charge in [-0.3, -0.25) is 14.1 Å². The summed E-state index contributed by atoms with van der Waals surface area (Å²) in [5.41, 5.74) is 0. The molecular weight excluding hydrogens is 2790 g/mol. The van der Waals surface area contributed by atoms with Crippen LogP contribution in [0.15, 0.2) is 0 Å². The molecule has 0 rings (SSSR count). The van der Waals surface area contributed by atoms with Crippen molar-refractivity contribution in [2.75, 3.05) is 0 Å². The molecule has 0 amide bonds. The Kier molecular flexibility index (Phi) is 44.0. The lowest BCUT2D eigenvalue weighted by Gasteiger charge is -2.37. The zero-order valence-electron chi connectivity index (χ0n) is 35.5. The maximum absolute atomic E-state index is 6.19. The van der Waals surface area contributed by atoms with Crippen molar-refractivity contribution < 1.29 is 0 Å². The van der Waals surface area contributed by atoms with E-state index in [4.69, 9.17) is 649 Å². The number of hydrogen-bond acceptors (Lipinski definition) is 60. The van der Waals surface area contributed by atoms with Crippen molar-refractivity contribution in [2.24, 2.45) is 0 Å². The first-order valence-electron chi connectivity index (χ1n) is 14.3. The zero-order chi connectivity index (χ0) is 72.7. The minimum absolute atomic E-state index is 1.58. The van der Waals surface area contributed by atoms with Crippen LogP contribution in [0.4, 0.5) is 0 Å². The summed E-state index contributed by atoms with van der Waals surface area (Å²) >= 11 is 348. The molecule has 0 N–H and O–H groups in total. The summed E-state index contributed by atoms with van der Waals surface area (Å²) < 4.78 is 0. The van der Waals surface area contributed by atoms with Crippen LogP contribution in [0, 0.1) is 0 Å². The first-order valence-corrected chi connectivity index (χ1v) is 129. The molecule has 0 aromatic heterocycles. The third kappa shape index (κ3) is 17.2. The standard InChI is InChI=1S/S87/c1-59(2)61(5,6)63(9,10)65(13,14)67(17,18)69(21,22)71(25,26)73(29,30)75(33,34)77(37,38)79(41,42)81(45,46)83(49,50)85(53,54)87(57,58)86(55,56)84(51,52)82(47,48)80(43,44)78(39,40)76(35,36)74(31,32)72(27,28)70(23,24)68(19,20)66(15,16)64(11,12)62(7,8)60(3)4/q-2. The molecule has 0 fully saturated rings. The molecule has 0 aromatic carbocycles. The Labute approximate surface area is 779 Å². The van der Waals surface area contributed by atoms with Gasteiger partial charge in [0.1, 0.15) is 0 Å². The molecule has 0 saturated carbocycles. The highest BCUT2D eigenvalue weighted by Crippen LogP contribution is 2.45. The largest absolute Gasteiger partial charge is 0.271 e. The second kappa shape index (κ2) is 34.8. The Morgan fingerprint density at radius 1 is 0.0920 bits per heavy atom. The maximum atomic E-state index is 6.19. The maximum Gasteiger partial charge on any atom is 0.0451 e. The highest BCUT2D eigenvalue weighted by atomic mass is 34.5. The molecule has 524 valence electrons. The van der Waals surface area contributed by atoms with Gasteiger partial charge in [0.25, 0.3) is 0 Å². The molecular formula is S87-2. The number of rotatable bonds is 28. The van der Waals surface area contributed by atoms with E-state index in [1.165, 1.54) is 0 Å². The number of hydrogen-bond donors (Lipinski definition) is 0. The average Bonchev–Trinajstić information content (AvgIpc) is 3.29. The first-order chi connectivity index (χ1) is 36.4. The fraction of sp³-hybridized carbons (Fsp3) is 0. The predicted molar refractivity (Wildman–Crippen MR) is 641 cm³/mol. The summed E-state index contributed by atoms with van der Waals surface area (Å²) in [4.78, 5) is 0. The van der Waals surface area contributed by atoms with Crippen LogP contribution < -0.4 is 0 Å². The minimum atomic E-state index is -4.14. The summed E-state index contributed by atoms with van der Waals surface area (Å²) in [7, 11) is -3.17. The van der Waals surface area contributed by atoms with E-state index in [2.05, 4.69) is 0 Å². The van der Waals surface area contributed by atoms with Crippen molar-refractivity contribution in [3.05, 3.63) is 0 Å². The monoisotopic (exact) mass is 2780 g/mol. The fourth-order valence-corrected chi connectivity index (χ4v) is 653. The van der Waals surface area contributed by atoms with E-state index in [1.54, 1.807) is 0 Å². The van der Waals surface area contributed by atoms with Gasteiger partial charge in [-0.2, -0.15) is 0 Å². The van der Waals surface area contributed by atoms with Gasteiger partial charge >= 0.3 is 0 Å². The lowest BCUT2D eigenvalue weighted by atomic mass is 29.7. The van der Waals surface area contributed by atoms with Crippen molar-refractivity contribution in [3.63, 3.8) is 0 Å². The van der Waals surface area contributed by atoms with Crippen LogP contribution in [-0.2, 0) is 804 Å². The molecule has 87 heavy (non-hydrogen) atoms. The quantitative estimate of drug-likeness (QED) is 0.0750. The molecule has 0 nitrogen and oxygen atoms in total. The van der Waals surface area contributed by atoms with E-state index in [-0.39, 0.29) is 0 Å². The molecule has 0 unspecified atom stereocenters. The summed E-state index contributed by atoms with van der Waals surface area (Å²) in [6.07, 6.45) is 0. The molecule has 0 aliphatic rings. The molecule has 0 spiro atoms. The summed E-state index contributed by atoms with van der Waals surface area (Å²) in [5, 5.41) is -105. The molecule has 0 aliphatic carbocycles. The smallest absolute Gasteiger partial charge is 0.0451 e. The Morgan fingerprint density at radius 3 is 0.184 bits per heavy atom. The van der Waals surface area contributed by atoms with Gasteiger partial charge in [-0.25, -0.2) is 44.8 Å². The summed E-state index contributed by atoms with van der Waals surface area (Å²) in [6.45, 7) is 0. The van der Waals surface area contributed by atoms with Crippen LogP contribution in [-0.4, -0.2) is 0 Å². The third-order valence-electron chi connectivity index (χ3n) is 6.83. The second-order valence-corrected chi connectivity index (χ2v) is 309. The van der Waals surface area contributed by atoms with Crippen LogP contribution in [0.1, 0.15) is 0 Å². The van der Waals surface area contributed by atoms with Crippen molar-refractivity contribution >= 4 is 804 Å². The van der Waals surface area contributed by atoms with Crippen LogP contribution >= 0.6 is 0 Å². The Morgan fingerprint density at radius 2 is 0.138 bits per heavy atom. The minimum Gasteiger partial charge on any atom is -0.271 e. The van der Waals surface area contributed by atoms with Gasteiger partial charge in [0.05, 0.1) is 0 Å². The highest BCUT2D eigenvalue weighted by molar-refractivity contribution is 9.82. The summed E-state index contributed by atoms with van der Waals surface area (Å²) in [5.74, 6) is 0. The molecule has 0 heterocycles. The topological polar surface area (TPSA) is 0 Å². The molecule has 0 aliphatic heterocycles. The molecule has 87 heteroatoms. The van der Waals surface area contributed by atoms with Gasteiger partial charge in [0.2, 0.25) is 0 Å². The van der Waals surface area contributed by atoms with Crippen LogP contribution in [0.5, 0.6) is 0 Å². The van der Waals surface area contributed by atoms with Crippen LogP contribution in [0.3, 0.4) is 0 Å². The first kappa shape index (κ1) is 110. The van der Waals surface area contributed by atoms with Crippen molar-refractivity contribution in [1.82, 2.24) is 0 Å². The van der Waals surface area contributed by atoms with E-state index in [0.717, 1.165) is 0 Å². The summed E-state index contributed by atoms with van der Waals surface area (Å²) in [6, 6.07) is 0. The molecule has 0 bridgehead atoms. The Hall–Kier alpha value is 22.9. The van der Waals surface area contributed by atoms with Gasteiger partial charge in [0, 0.05) is 130 Å². The lowest BCUT2D eigenvalue weighted by molar-refractivity contribution is 4.96. The molecule has 0 atom stereocenters. The fourth-order valence-electron chi connectivity index (χ4n) is 2.69. The molecule has 0 radical (unpaired) electrons. The van der Waals surface area contributed by atoms with Crippen molar-refractivity contribution in [2.45, 2.75) is 0 Å². The van der Waals surface area contributed by atoms with E-state index in [1.807, 2.05) is 0 Å². The predicted octanol–water partition coefficient (Wildman–Crippen LogP) is -0.209. The molecule has 0 saturated heterocycles. The Bertz CT molecular complexity index is 6270. The second-order valence-electron chi connectivity index (χ2n) is 11.4. The highest BCUT2D eigenvalue weighted by Gasteiger charge is 2.49. The van der Waals surface area contributed by atoms with Gasteiger partial charge in [0.15, 0.2) is 0 Å². The third-order valence-corrected chi connectivity index (χ3v) is 553. The van der Waals surface area contributed by atoms with E-state index >= 15 is 0 Å². The van der Waals surface area contributed by atoms with E-state index in [0.29, 0.717) is 0 Å². The zero-order valence-corrected chi connectivity index (χ0v) is 107. The molecule has 0 aromatic rings. The normalized spacial score (nSPS) is 16.9. The Balaban J connectivity index is 8.77.